The highest BCUT2D eigenvalue weighted by Crippen LogP contribution is 2.34. The van der Waals surface area contributed by atoms with Crippen LogP contribution in [-0.4, -0.2) is 43.4 Å². The summed E-state index contributed by atoms with van der Waals surface area (Å²) < 4.78 is 31.4. The van der Waals surface area contributed by atoms with E-state index < -0.39 is 22.0 Å². The van der Waals surface area contributed by atoms with E-state index in [2.05, 4.69) is 15.5 Å². The highest BCUT2D eigenvalue weighted by molar-refractivity contribution is 7.92. The Kier molecular flexibility index (Phi) is 5.20. The maximum absolute atomic E-state index is 12.8. The van der Waals surface area contributed by atoms with Crippen LogP contribution < -0.4 is 14.4 Å². The molecule has 10 heteroatoms. The first-order valence-electron chi connectivity index (χ1n) is 8.85. The Morgan fingerprint density at radius 2 is 1.86 bits per heavy atom. The molecule has 0 unspecified atom stereocenters. The van der Waals surface area contributed by atoms with E-state index >= 15 is 0 Å². The molecule has 0 saturated heterocycles. The van der Waals surface area contributed by atoms with Crippen molar-refractivity contribution in [3.05, 3.63) is 54.6 Å². The Balaban J connectivity index is 1.52. The number of carbonyl (C=O) groups is 1. The molecule has 1 aliphatic heterocycles. The van der Waals surface area contributed by atoms with Crippen molar-refractivity contribution in [1.29, 1.82) is 0 Å². The molecule has 0 spiro atoms. The van der Waals surface area contributed by atoms with Gasteiger partial charge >= 0.3 is 0 Å². The fourth-order valence-corrected chi connectivity index (χ4v) is 4.71. The number of hydrogen-bond acceptors (Lipinski definition) is 7. The minimum atomic E-state index is -3.50. The average molecular weight is 431 g/mol. The first kappa shape index (κ1) is 19.3. The van der Waals surface area contributed by atoms with Gasteiger partial charge in [0.2, 0.25) is 15.2 Å². The number of hydrogen-bond donors (Lipinski definition) is 1. The molecule has 1 atom stereocenters. The standard InChI is InChI=1S/C19H18N4O4S2/c1-29(25,26)23-12-11-16(27-15-10-6-5-9-14(15)23)17(24)20-19-22-21-18(28-19)13-7-3-2-4-8-13/h2-10,16H,11-12H2,1H3,(H,20,22,24)/t16-/m0/s1. The van der Waals surface area contributed by atoms with Crippen molar-refractivity contribution in [1.82, 2.24) is 10.2 Å². The highest BCUT2D eigenvalue weighted by Gasteiger charge is 2.31. The summed E-state index contributed by atoms with van der Waals surface area (Å²) in [4.78, 5) is 12.8. The van der Waals surface area contributed by atoms with Crippen molar-refractivity contribution in [3.8, 4) is 16.3 Å². The zero-order chi connectivity index (χ0) is 20.4. The summed E-state index contributed by atoms with van der Waals surface area (Å²) in [5.41, 5.74) is 1.33. The van der Waals surface area contributed by atoms with Gasteiger partial charge in [0.1, 0.15) is 10.8 Å². The van der Waals surface area contributed by atoms with Gasteiger partial charge in [0.05, 0.1) is 11.9 Å². The smallest absolute Gasteiger partial charge is 0.267 e. The fourth-order valence-electron chi connectivity index (χ4n) is 3.02. The molecule has 0 saturated carbocycles. The summed E-state index contributed by atoms with van der Waals surface area (Å²) in [6.07, 6.45) is 0.487. The minimum Gasteiger partial charge on any atom is -0.478 e. The first-order chi connectivity index (χ1) is 13.9. The minimum absolute atomic E-state index is 0.138. The van der Waals surface area contributed by atoms with Gasteiger partial charge in [-0.15, -0.1) is 10.2 Å². The summed E-state index contributed by atoms with van der Waals surface area (Å²) in [5.74, 6) is -0.0521. The second-order valence-electron chi connectivity index (χ2n) is 6.47. The molecule has 150 valence electrons. The number of anilines is 2. The maximum Gasteiger partial charge on any atom is 0.267 e. The topological polar surface area (TPSA) is 101 Å². The second-order valence-corrected chi connectivity index (χ2v) is 9.35. The summed E-state index contributed by atoms with van der Waals surface area (Å²) in [5, 5.41) is 11.9. The van der Waals surface area contributed by atoms with Crippen LogP contribution in [0, 0.1) is 0 Å². The van der Waals surface area contributed by atoms with Crippen LogP contribution in [0.1, 0.15) is 6.42 Å². The van der Waals surface area contributed by atoms with Crippen LogP contribution in [0.25, 0.3) is 10.6 Å². The maximum atomic E-state index is 12.8. The van der Waals surface area contributed by atoms with Crippen molar-refractivity contribution in [3.63, 3.8) is 0 Å². The molecule has 1 N–H and O–H groups in total. The Bertz CT molecular complexity index is 1130. The van der Waals surface area contributed by atoms with Crippen LogP contribution in [-0.2, 0) is 14.8 Å². The lowest BCUT2D eigenvalue weighted by atomic mass is 10.2. The third kappa shape index (κ3) is 4.22. The van der Waals surface area contributed by atoms with Crippen molar-refractivity contribution >= 4 is 38.1 Å². The Hall–Kier alpha value is -2.98. The molecule has 4 rings (SSSR count). The predicted molar refractivity (Wildman–Crippen MR) is 112 cm³/mol. The lowest BCUT2D eigenvalue weighted by molar-refractivity contribution is -0.122. The predicted octanol–water partition coefficient (Wildman–Crippen LogP) is 2.76. The van der Waals surface area contributed by atoms with Gasteiger partial charge in [-0.1, -0.05) is 53.8 Å². The largest absolute Gasteiger partial charge is 0.478 e. The highest BCUT2D eigenvalue weighted by atomic mass is 32.2. The van der Waals surface area contributed by atoms with E-state index in [1.165, 1.54) is 15.6 Å². The van der Waals surface area contributed by atoms with Crippen molar-refractivity contribution in [2.75, 3.05) is 22.4 Å². The van der Waals surface area contributed by atoms with Crippen molar-refractivity contribution in [2.24, 2.45) is 0 Å². The normalized spacial score (nSPS) is 16.4. The lowest BCUT2D eigenvalue weighted by Crippen LogP contribution is -2.35. The molecule has 0 aliphatic carbocycles. The molecule has 1 aromatic heterocycles. The Labute approximate surface area is 172 Å². The summed E-state index contributed by atoms with van der Waals surface area (Å²) in [7, 11) is -3.50. The van der Waals surface area contributed by atoms with Gasteiger partial charge < -0.3 is 4.74 Å². The zero-order valence-corrected chi connectivity index (χ0v) is 17.1. The van der Waals surface area contributed by atoms with Crippen LogP contribution in [0.4, 0.5) is 10.8 Å². The summed E-state index contributed by atoms with van der Waals surface area (Å²) in [6, 6.07) is 16.3. The molecular weight excluding hydrogens is 412 g/mol. The molecule has 2 aromatic carbocycles. The van der Waals surface area contributed by atoms with Gasteiger partial charge in [0.15, 0.2) is 6.10 Å². The molecule has 0 fully saturated rings. The molecule has 1 aliphatic rings. The van der Waals surface area contributed by atoms with Gasteiger partial charge in [0, 0.05) is 18.5 Å². The monoisotopic (exact) mass is 430 g/mol. The number of aromatic nitrogens is 2. The number of nitrogens with zero attached hydrogens (tertiary/aromatic N) is 3. The van der Waals surface area contributed by atoms with E-state index in [4.69, 9.17) is 4.74 Å². The van der Waals surface area contributed by atoms with Crippen molar-refractivity contribution < 1.29 is 17.9 Å². The first-order valence-corrected chi connectivity index (χ1v) is 11.5. The van der Waals surface area contributed by atoms with E-state index in [1.54, 1.807) is 24.3 Å². The lowest BCUT2D eigenvalue weighted by Gasteiger charge is -2.20. The number of rotatable bonds is 4. The SMILES string of the molecule is CS(=O)(=O)N1CC[C@@H](C(=O)Nc2nnc(-c3ccccc3)s2)Oc2ccccc21. The van der Waals surface area contributed by atoms with Crippen LogP contribution >= 0.6 is 11.3 Å². The molecule has 1 amide bonds. The number of fused-ring (bicyclic) bond motifs is 1. The Morgan fingerprint density at radius 1 is 1.14 bits per heavy atom. The molecule has 0 bridgehead atoms. The van der Waals surface area contributed by atoms with E-state index in [1.807, 2.05) is 30.3 Å². The zero-order valence-electron chi connectivity index (χ0n) is 15.5. The van der Waals surface area contributed by atoms with Gasteiger partial charge in [-0.25, -0.2) is 8.42 Å². The second kappa shape index (κ2) is 7.80. The van der Waals surface area contributed by atoms with Crippen LogP contribution in [0.3, 0.4) is 0 Å². The number of amides is 1. The van der Waals surface area contributed by atoms with E-state index in [0.29, 0.717) is 21.6 Å². The number of nitrogens with one attached hydrogen (secondary N) is 1. The van der Waals surface area contributed by atoms with E-state index in [9.17, 15) is 13.2 Å². The third-order valence-corrected chi connectivity index (χ3v) is 6.43. The van der Waals surface area contributed by atoms with Gasteiger partial charge in [-0.2, -0.15) is 0 Å². The quantitative estimate of drug-likeness (QED) is 0.683. The fraction of sp³-hybridized carbons (Fsp3) is 0.211. The number of sulfonamides is 1. The third-order valence-electron chi connectivity index (χ3n) is 4.37. The number of para-hydroxylation sites is 2. The van der Waals surface area contributed by atoms with E-state index in [-0.39, 0.29) is 13.0 Å². The molecule has 0 radical (unpaired) electrons. The molecule has 2 heterocycles. The van der Waals surface area contributed by atoms with Crippen LogP contribution in [0.2, 0.25) is 0 Å². The molecule has 3 aromatic rings. The van der Waals surface area contributed by atoms with E-state index in [0.717, 1.165) is 11.8 Å². The molecular formula is C19H18N4O4S2. The van der Waals surface area contributed by atoms with Crippen molar-refractivity contribution in [2.45, 2.75) is 12.5 Å². The van der Waals surface area contributed by atoms with Gasteiger partial charge in [-0.3, -0.25) is 14.4 Å². The Morgan fingerprint density at radius 3 is 2.62 bits per heavy atom. The van der Waals surface area contributed by atoms with Gasteiger partial charge in [0.25, 0.3) is 5.91 Å². The van der Waals surface area contributed by atoms with Gasteiger partial charge in [-0.05, 0) is 12.1 Å². The molecule has 29 heavy (non-hydrogen) atoms. The molecule has 8 nitrogen and oxygen atoms in total. The number of ether oxygens (including phenoxy) is 1. The average Bonchev–Trinajstić information content (AvgIpc) is 3.06. The van der Waals surface area contributed by atoms with Crippen LogP contribution in [0.5, 0.6) is 5.75 Å². The van der Waals surface area contributed by atoms with Crippen LogP contribution in [0.15, 0.2) is 54.6 Å². The number of carbonyl (C=O) groups excluding carboxylic acids is 1. The summed E-state index contributed by atoms with van der Waals surface area (Å²) >= 11 is 1.26. The number of benzene rings is 2. The summed E-state index contributed by atoms with van der Waals surface area (Å²) in [6.45, 7) is 0.138.